The van der Waals surface area contributed by atoms with Crippen molar-refractivity contribution in [1.82, 2.24) is 20.0 Å². The highest BCUT2D eigenvalue weighted by Crippen LogP contribution is 2.31. The topological polar surface area (TPSA) is 70.3 Å². The number of nitrogens with zero attached hydrogens (tertiary/aromatic N) is 5. The molecule has 4 heterocycles. The molecule has 1 N–H and O–H groups in total. The van der Waals surface area contributed by atoms with Gasteiger partial charge in [-0.2, -0.15) is 0 Å². The molecule has 2 aliphatic rings. The molecule has 27 heavy (non-hydrogen) atoms. The molecule has 2 atom stereocenters. The summed E-state index contributed by atoms with van der Waals surface area (Å²) in [6.45, 7) is 5.17. The highest BCUT2D eigenvalue weighted by Gasteiger charge is 2.34. The molecule has 2 saturated heterocycles. The maximum absolute atomic E-state index is 5.50. The normalized spacial score (nSPS) is 23.3. The molecule has 2 aliphatic heterocycles. The second kappa shape index (κ2) is 7.15. The third-order valence-corrected chi connectivity index (χ3v) is 5.78. The van der Waals surface area contributed by atoms with Gasteiger partial charge >= 0.3 is 0 Å². The molecule has 140 valence electrons. The smallest absolute Gasteiger partial charge is 0.222 e. The van der Waals surface area contributed by atoms with Crippen LogP contribution in [0.3, 0.4) is 0 Å². The maximum Gasteiger partial charge on any atom is 0.222 e. The maximum atomic E-state index is 5.50. The van der Waals surface area contributed by atoms with Crippen molar-refractivity contribution in [1.29, 1.82) is 0 Å². The van der Waals surface area contributed by atoms with Crippen LogP contribution in [0.25, 0.3) is 11.0 Å². The summed E-state index contributed by atoms with van der Waals surface area (Å²) in [6, 6.07) is 10.6. The number of para-hydroxylation sites is 1. The van der Waals surface area contributed by atoms with Gasteiger partial charge in [-0.3, -0.25) is 4.90 Å². The van der Waals surface area contributed by atoms with Crippen molar-refractivity contribution < 1.29 is 4.52 Å². The summed E-state index contributed by atoms with van der Waals surface area (Å²) in [4.78, 5) is 13.5. The van der Waals surface area contributed by atoms with Crippen LogP contribution in [0.4, 0.5) is 11.8 Å². The van der Waals surface area contributed by atoms with Crippen LogP contribution in [-0.4, -0.2) is 58.8 Å². The van der Waals surface area contributed by atoms with E-state index >= 15 is 0 Å². The van der Waals surface area contributed by atoms with Gasteiger partial charge in [-0.25, -0.2) is 9.97 Å². The molecular weight excluding hydrogens is 340 g/mol. The minimum absolute atomic E-state index is 0.596. The Balaban J connectivity index is 1.20. The summed E-state index contributed by atoms with van der Waals surface area (Å²) in [5.41, 5.74) is 0.868. The van der Waals surface area contributed by atoms with Crippen molar-refractivity contribution in [2.75, 3.05) is 42.9 Å². The van der Waals surface area contributed by atoms with Crippen LogP contribution in [-0.2, 0) is 0 Å². The molecule has 0 radical (unpaired) electrons. The van der Waals surface area contributed by atoms with Gasteiger partial charge in [0.2, 0.25) is 5.95 Å². The highest BCUT2D eigenvalue weighted by atomic mass is 16.5. The summed E-state index contributed by atoms with van der Waals surface area (Å²) >= 11 is 0. The molecule has 5 rings (SSSR count). The SMILES string of the molecule is c1cnc(NC[C@@H]2CC[C@@H]3CN(c4noc5ccccc45)CCN3C2)nc1. The van der Waals surface area contributed by atoms with Crippen molar-refractivity contribution in [3.8, 4) is 0 Å². The zero-order chi connectivity index (χ0) is 18.1. The van der Waals surface area contributed by atoms with E-state index in [9.17, 15) is 0 Å². The molecule has 7 heteroatoms. The average molecular weight is 364 g/mol. The number of fused-ring (bicyclic) bond motifs is 2. The quantitative estimate of drug-likeness (QED) is 0.763. The minimum atomic E-state index is 0.596. The van der Waals surface area contributed by atoms with Crippen LogP contribution >= 0.6 is 0 Å². The number of aromatic nitrogens is 3. The summed E-state index contributed by atoms with van der Waals surface area (Å²) in [6.07, 6.45) is 6.00. The van der Waals surface area contributed by atoms with Crippen LogP contribution in [0.2, 0.25) is 0 Å². The van der Waals surface area contributed by atoms with E-state index in [1.54, 1.807) is 12.4 Å². The van der Waals surface area contributed by atoms with Gasteiger partial charge in [0.15, 0.2) is 11.4 Å². The average Bonchev–Trinajstić information content (AvgIpc) is 3.17. The Kier molecular flexibility index (Phi) is 4.37. The van der Waals surface area contributed by atoms with Gasteiger partial charge in [-0.05, 0) is 37.0 Å². The van der Waals surface area contributed by atoms with E-state index in [1.807, 2.05) is 24.3 Å². The van der Waals surface area contributed by atoms with Crippen molar-refractivity contribution in [2.24, 2.45) is 5.92 Å². The van der Waals surface area contributed by atoms with E-state index in [4.69, 9.17) is 4.52 Å². The van der Waals surface area contributed by atoms with Crippen LogP contribution in [0.5, 0.6) is 0 Å². The van der Waals surface area contributed by atoms with Gasteiger partial charge in [-0.1, -0.05) is 17.3 Å². The second-order valence-electron chi connectivity index (χ2n) is 7.49. The van der Waals surface area contributed by atoms with Crippen LogP contribution < -0.4 is 10.2 Å². The number of benzene rings is 1. The lowest BCUT2D eigenvalue weighted by molar-refractivity contribution is 0.0994. The monoisotopic (exact) mass is 364 g/mol. The van der Waals surface area contributed by atoms with Crippen LogP contribution in [0.15, 0.2) is 47.2 Å². The van der Waals surface area contributed by atoms with Gasteiger partial charge in [0.1, 0.15) is 0 Å². The van der Waals surface area contributed by atoms with Crippen LogP contribution in [0, 0.1) is 5.92 Å². The predicted octanol–water partition coefficient (Wildman–Crippen LogP) is 2.63. The first-order chi connectivity index (χ1) is 13.4. The molecule has 2 fully saturated rings. The highest BCUT2D eigenvalue weighted by molar-refractivity contribution is 5.88. The Morgan fingerprint density at radius 3 is 2.85 bits per heavy atom. The minimum Gasteiger partial charge on any atom is -0.354 e. The summed E-state index contributed by atoms with van der Waals surface area (Å²) in [5.74, 6) is 2.36. The summed E-state index contributed by atoms with van der Waals surface area (Å²) < 4.78 is 5.50. The van der Waals surface area contributed by atoms with E-state index in [1.165, 1.54) is 12.8 Å². The molecule has 0 aliphatic carbocycles. The summed E-state index contributed by atoms with van der Waals surface area (Å²) in [5, 5.41) is 8.84. The Morgan fingerprint density at radius 2 is 1.93 bits per heavy atom. The Bertz CT molecular complexity index is 898. The number of rotatable bonds is 4. The van der Waals surface area contributed by atoms with Gasteiger partial charge in [0.05, 0.1) is 5.39 Å². The first-order valence-electron chi connectivity index (χ1n) is 9.71. The van der Waals surface area contributed by atoms with Crippen molar-refractivity contribution in [3.05, 3.63) is 42.7 Å². The standard InChI is InChI=1S/C20H24N6O/c1-2-5-18-17(4-1)19(24-27-18)26-11-10-25-13-15(6-7-16(25)14-26)12-23-20-21-8-3-9-22-20/h1-5,8-9,15-16H,6-7,10-14H2,(H,21,22,23)/t15-,16+/m0/s1. The fraction of sp³-hybridized carbons (Fsp3) is 0.450. The van der Waals surface area contributed by atoms with E-state index in [-0.39, 0.29) is 0 Å². The van der Waals surface area contributed by atoms with Gasteiger partial charge in [-0.15, -0.1) is 0 Å². The number of anilines is 2. The fourth-order valence-corrected chi connectivity index (χ4v) is 4.34. The van der Waals surface area contributed by atoms with Crippen molar-refractivity contribution >= 4 is 22.7 Å². The lowest BCUT2D eigenvalue weighted by Crippen LogP contribution is -2.57. The number of piperazine rings is 1. The van der Waals surface area contributed by atoms with E-state index in [0.29, 0.717) is 12.0 Å². The number of hydrogen-bond donors (Lipinski definition) is 1. The molecule has 0 unspecified atom stereocenters. The summed E-state index contributed by atoms with van der Waals surface area (Å²) in [7, 11) is 0. The molecule has 1 aromatic carbocycles. The molecule has 0 amide bonds. The third-order valence-electron chi connectivity index (χ3n) is 5.78. The molecule has 7 nitrogen and oxygen atoms in total. The largest absolute Gasteiger partial charge is 0.354 e. The van der Waals surface area contributed by atoms with E-state index in [2.05, 4.69) is 36.3 Å². The van der Waals surface area contributed by atoms with Gasteiger partial charge < -0.3 is 14.7 Å². The zero-order valence-corrected chi connectivity index (χ0v) is 15.3. The lowest BCUT2D eigenvalue weighted by atomic mass is 9.91. The van der Waals surface area contributed by atoms with Crippen molar-refractivity contribution in [2.45, 2.75) is 18.9 Å². The lowest BCUT2D eigenvalue weighted by Gasteiger charge is -2.46. The Labute approximate surface area is 158 Å². The van der Waals surface area contributed by atoms with Gasteiger partial charge in [0, 0.05) is 51.2 Å². The first-order valence-corrected chi connectivity index (χ1v) is 9.71. The Morgan fingerprint density at radius 1 is 1.04 bits per heavy atom. The molecular formula is C20H24N6O. The van der Waals surface area contributed by atoms with Crippen molar-refractivity contribution in [3.63, 3.8) is 0 Å². The Hall–Kier alpha value is -2.67. The molecule has 2 aromatic heterocycles. The van der Waals surface area contributed by atoms with E-state index in [0.717, 1.165) is 55.5 Å². The van der Waals surface area contributed by atoms with E-state index < -0.39 is 0 Å². The second-order valence-corrected chi connectivity index (χ2v) is 7.49. The predicted molar refractivity (Wildman–Crippen MR) is 105 cm³/mol. The number of piperidine rings is 1. The third kappa shape index (κ3) is 3.35. The molecule has 0 spiro atoms. The van der Waals surface area contributed by atoms with Crippen LogP contribution in [0.1, 0.15) is 12.8 Å². The molecule has 0 bridgehead atoms. The molecule has 0 saturated carbocycles. The number of nitrogens with one attached hydrogen (secondary N) is 1. The first kappa shape index (κ1) is 16.5. The van der Waals surface area contributed by atoms with Gasteiger partial charge in [0.25, 0.3) is 0 Å². The fourth-order valence-electron chi connectivity index (χ4n) is 4.34. The molecule has 3 aromatic rings. The number of hydrogen-bond acceptors (Lipinski definition) is 7. The zero-order valence-electron chi connectivity index (χ0n) is 15.3.